The molecular weight excluding hydrogens is 218 g/mol. The van der Waals surface area contributed by atoms with Gasteiger partial charge in [-0.2, -0.15) is 0 Å². The average molecular weight is 245 g/mol. The van der Waals surface area contributed by atoms with E-state index in [2.05, 4.69) is 10.9 Å². The smallest absolute Gasteiger partial charge is 0.257 e. The van der Waals surface area contributed by atoms with Crippen molar-refractivity contribution >= 4 is 11.8 Å². The Balaban J connectivity index is 0. The molecule has 5 heteroatoms. The van der Waals surface area contributed by atoms with Gasteiger partial charge in [0.2, 0.25) is 5.91 Å². The summed E-state index contributed by atoms with van der Waals surface area (Å²) in [7, 11) is 1.62. The molecule has 0 heterocycles. The Labute approximate surface area is 105 Å². The van der Waals surface area contributed by atoms with E-state index < -0.39 is 6.04 Å². The fraction of sp³-hybridized carbons (Fsp3) is 0.833. The molecule has 0 aliphatic carbocycles. The van der Waals surface area contributed by atoms with Crippen molar-refractivity contribution in [2.45, 2.75) is 47.6 Å². The Morgan fingerprint density at radius 1 is 1.24 bits per heavy atom. The van der Waals surface area contributed by atoms with Gasteiger partial charge in [0.25, 0.3) is 5.91 Å². The average Bonchev–Trinajstić information content (AvgIpc) is 2.27. The quantitative estimate of drug-likeness (QED) is 0.714. The van der Waals surface area contributed by atoms with Crippen molar-refractivity contribution in [3.63, 3.8) is 0 Å². The van der Waals surface area contributed by atoms with E-state index in [1.165, 1.54) is 6.92 Å². The molecule has 2 amide bonds. The minimum absolute atomic E-state index is 0.0811. The van der Waals surface area contributed by atoms with Crippen molar-refractivity contribution in [2.75, 3.05) is 13.6 Å². The van der Waals surface area contributed by atoms with E-state index >= 15 is 0 Å². The Hall–Kier alpha value is -1.10. The summed E-state index contributed by atoms with van der Waals surface area (Å²) in [4.78, 5) is 24.6. The van der Waals surface area contributed by atoms with Crippen molar-refractivity contribution in [1.29, 1.82) is 0 Å². The summed E-state index contributed by atoms with van der Waals surface area (Å²) in [5.41, 5.74) is 5.10. The van der Waals surface area contributed by atoms with E-state index in [0.29, 0.717) is 6.54 Å². The topological polar surface area (TPSA) is 61.4 Å². The molecule has 0 aromatic rings. The fourth-order valence-corrected chi connectivity index (χ4v) is 1.62. The summed E-state index contributed by atoms with van der Waals surface area (Å²) >= 11 is 0. The van der Waals surface area contributed by atoms with Gasteiger partial charge in [-0.1, -0.05) is 27.7 Å². The van der Waals surface area contributed by atoms with Gasteiger partial charge in [0.15, 0.2) is 0 Å². The predicted molar refractivity (Wildman–Crippen MR) is 70.2 cm³/mol. The van der Waals surface area contributed by atoms with Crippen LogP contribution in [0.5, 0.6) is 0 Å². The van der Waals surface area contributed by atoms with Crippen LogP contribution < -0.4 is 10.9 Å². The van der Waals surface area contributed by atoms with E-state index in [4.69, 9.17) is 0 Å². The van der Waals surface area contributed by atoms with Gasteiger partial charge in [0.1, 0.15) is 6.04 Å². The summed E-state index contributed by atoms with van der Waals surface area (Å²) in [5, 5.41) is 0. The lowest BCUT2D eigenvalue weighted by molar-refractivity contribution is -0.140. The molecule has 5 nitrogen and oxygen atoms in total. The first-order valence-corrected chi connectivity index (χ1v) is 6.19. The maximum atomic E-state index is 11.7. The molecule has 0 aromatic carbocycles. The first-order chi connectivity index (χ1) is 7.95. The third-order valence-electron chi connectivity index (χ3n) is 2.23. The van der Waals surface area contributed by atoms with E-state index in [0.717, 1.165) is 0 Å². The second-order valence-corrected chi connectivity index (χ2v) is 3.73. The number of hydrogen-bond donors (Lipinski definition) is 2. The lowest BCUT2D eigenvalue weighted by Crippen LogP contribution is -2.53. The molecule has 102 valence electrons. The number of hydrazine groups is 1. The van der Waals surface area contributed by atoms with E-state index in [1.807, 2.05) is 34.6 Å². The zero-order valence-corrected chi connectivity index (χ0v) is 12.1. The van der Waals surface area contributed by atoms with Gasteiger partial charge in [0, 0.05) is 20.5 Å². The van der Waals surface area contributed by atoms with Crippen LogP contribution in [0.25, 0.3) is 0 Å². The maximum absolute atomic E-state index is 11.7. The van der Waals surface area contributed by atoms with Crippen LogP contribution in [0.1, 0.15) is 41.5 Å². The number of nitrogens with one attached hydrogen (secondary N) is 2. The highest BCUT2D eigenvalue weighted by molar-refractivity contribution is 5.86. The monoisotopic (exact) mass is 245 g/mol. The number of nitrogens with zero attached hydrogens (tertiary/aromatic N) is 1. The molecule has 0 saturated carbocycles. The van der Waals surface area contributed by atoms with Crippen LogP contribution in [0, 0.1) is 5.92 Å². The first kappa shape index (κ1) is 18.3. The van der Waals surface area contributed by atoms with Gasteiger partial charge in [0.05, 0.1) is 0 Å². The van der Waals surface area contributed by atoms with Gasteiger partial charge < -0.3 is 4.90 Å². The van der Waals surface area contributed by atoms with Crippen LogP contribution in [0.2, 0.25) is 0 Å². The second-order valence-electron chi connectivity index (χ2n) is 3.73. The van der Waals surface area contributed by atoms with E-state index in [1.54, 1.807) is 11.9 Å². The zero-order chi connectivity index (χ0) is 14.0. The molecule has 0 bridgehead atoms. The van der Waals surface area contributed by atoms with Gasteiger partial charge in [-0.15, -0.1) is 0 Å². The van der Waals surface area contributed by atoms with E-state index in [-0.39, 0.29) is 17.7 Å². The Kier molecular flexibility index (Phi) is 10.8. The Morgan fingerprint density at radius 3 is 1.94 bits per heavy atom. The normalized spacial score (nSPS) is 11.3. The number of carbonyl (C=O) groups is 2. The van der Waals surface area contributed by atoms with Crippen molar-refractivity contribution in [3.05, 3.63) is 0 Å². The molecule has 1 unspecified atom stereocenters. The summed E-state index contributed by atoms with van der Waals surface area (Å²) in [6.07, 6.45) is 0. The summed E-state index contributed by atoms with van der Waals surface area (Å²) in [5.74, 6) is -0.172. The molecule has 0 spiro atoms. The fourth-order valence-electron chi connectivity index (χ4n) is 1.62. The van der Waals surface area contributed by atoms with Crippen molar-refractivity contribution < 1.29 is 9.59 Å². The number of amides is 2. The van der Waals surface area contributed by atoms with Gasteiger partial charge in [-0.25, -0.2) is 5.43 Å². The van der Waals surface area contributed by atoms with Crippen molar-refractivity contribution in [3.8, 4) is 0 Å². The largest absolute Gasteiger partial charge is 0.331 e. The molecule has 0 radical (unpaired) electrons. The van der Waals surface area contributed by atoms with Crippen LogP contribution in [0.3, 0.4) is 0 Å². The highest BCUT2D eigenvalue weighted by Crippen LogP contribution is 2.11. The first-order valence-electron chi connectivity index (χ1n) is 6.19. The van der Waals surface area contributed by atoms with Crippen LogP contribution in [0.15, 0.2) is 0 Å². The number of carbonyl (C=O) groups excluding carboxylic acids is 2. The molecule has 2 N–H and O–H groups in total. The molecule has 0 rings (SSSR count). The molecule has 0 aliphatic rings. The lowest BCUT2D eigenvalue weighted by atomic mass is 10.0. The SMILES string of the molecule is CC.CCN(C(C)=O)C(C(=O)NNC)C(C)C. The lowest BCUT2D eigenvalue weighted by Gasteiger charge is -2.31. The van der Waals surface area contributed by atoms with Gasteiger partial charge in [-0.3, -0.25) is 15.0 Å². The Morgan fingerprint density at radius 2 is 1.71 bits per heavy atom. The molecule has 0 aliphatic heterocycles. The summed E-state index contributed by atoms with van der Waals surface area (Å²) in [6.45, 7) is 11.7. The van der Waals surface area contributed by atoms with Crippen LogP contribution in [-0.2, 0) is 9.59 Å². The predicted octanol–water partition coefficient (Wildman–Crippen LogP) is 1.16. The molecular formula is C12H27N3O2. The molecule has 0 fully saturated rings. The van der Waals surface area contributed by atoms with Crippen molar-refractivity contribution in [1.82, 2.24) is 15.8 Å². The number of rotatable bonds is 5. The third-order valence-corrected chi connectivity index (χ3v) is 2.23. The summed E-state index contributed by atoms with van der Waals surface area (Å²) in [6, 6.07) is -0.417. The van der Waals surface area contributed by atoms with Gasteiger partial charge in [-0.05, 0) is 12.8 Å². The molecule has 0 saturated heterocycles. The van der Waals surface area contributed by atoms with E-state index in [9.17, 15) is 9.59 Å². The Bertz CT molecular complexity index is 230. The summed E-state index contributed by atoms with van der Waals surface area (Å²) < 4.78 is 0. The minimum atomic E-state index is -0.417. The highest BCUT2D eigenvalue weighted by Gasteiger charge is 2.29. The third kappa shape index (κ3) is 6.26. The maximum Gasteiger partial charge on any atom is 0.257 e. The molecule has 0 aromatic heterocycles. The van der Waals surface area contributed by atoms with Gasteiger partial charge >= 0.3 is 0 Å². The van der Waals surface area contributed by atoms with Crippen LogP contribution in [0.4, 0.5) is 0 Å². The number of hydrogen-bond acceptors (Lipinski definition) is 3. The van der Waals surface area contributed by atoms with Crippen LogP contribution >= 0.6 is 0 Å². The molecule has 17 heavy (non-hydrogen) atoms. The zero-order valence-electron chi connectivity index (χ0n) is 12.1. The number of likely N-dealkylation sites (N-methyl/N-ethyl adjacent to an activating group) is 1. The highest BCUT2D eigenvalue weighted by atomic mass is 16.2. The standard InChI is InChI=1S/C10H21N3O2.C2H6/c1-6-13(8(4)14)9(7(2)3)10(15)12-11-5;1-2/h7,9,11H,6H2,1-5H3,(H,12,15);1-2H3. The second kappa shape index (κ2) is 10.1. The van der Waals surface area contributed by atoms with Crippen molar-refractivity contribution in [2.24, 2.45) is 5.92 Å². The van der Waals surface area contributed by atoms with Crippen LogP contribution in [-0.4, -0.2) is 36.3 Å². The minimum Gasteiger partial charge on any atom is -0.331 e. The molecule has 1 atom stereocenters.